The smallest absolute Gasteiger partial charge is 0.872 e. The Kier molecular flexibility index (Phi) is 9.17. The molecule has 0 aliphatic heterocycles. The van der Waals surface area contributed by atoms with Crippen molar-refractivity contribution in [3.63, 3.8) is 0 Å². The van der Waals surface area contributed by atoms with Crippen LogP contribution in [0.3, 0.4) is 0 Å². The molecule has 1 radical (unpaired) electrons. The van der Waals surface area contributed by atoms with E-state index >= 15 is 0 Å². The molecule has 0 atom stereocenters. The molecule has 0 spiro atoms. The Balaban J connectivity index is 0.000000410. The summed E-state index contributed by atoms with van der Waals surface area (Å²) < 4.78 is 0. The first kappa shape index (κ1) is 20.9. The van der Waals surface area contributed by atoms with Crippen LogP contribution in [0.25, 0.3) is 0 Å². The molecule has 0 bridgehead atoms. The van der Waals surface area contributed by atoms with Crippen molar-refractivity contribution < 1.29 is 32.4 Å². The Labute approximate surface area is 161 Å². The normalized spacial score (nSPS) is 10.5. The molecule has 0 aliphatic carbocycles. The van der Waals surface area contributed by atoms with Crippen LogP contribution in [0.5, 0.6) is 11.5 Å². The number of phenolic OH excluding ortho intramolecular Hbond substituents is 1. The van der Waals surface area contributed by atoms with Gasteiger partial charge in [0.15, 0.2) is 0 Å². The number of hydrogen-bond acceptors (Lipinski definition) is 6. The van der Waals surface area contributed by atoms with E-state index in [0.717, 1.165) is 0 Å². The first-order valence-electron chi connectivity index (χ1n) is 7.35. The summed E-state index contributed by atoms with van der Waals surface area (Å²) in [5.41, 5.74) is 0.676. The summed E-state index contributed by atoms with van der Waals surface area (Å²) in [6.07, 6.45) is 4.74. The van der Waals surface area contributed by atoms with Gasteiger partial charge in [0.2, 0.25) is 0 Å². The monoisotopic (exact) mass is 396 g/mol. The Morgan fingerprint density at radius 2 is 1.58 bits per heavy atom. The summed E-state index contributed by atoms with van der Waals surface area (Å²) >= 11 is 0. The van der Waals surface area contributed by atoms with Crippen LogP contribution in [-0.4, -0.2) is 22.2 Å². The van der Waals surface area contributed by atoms with Crippen molar-refractivity contribution in [3.05, 3.63) is 90.3 Å². The average Bonchev–Trinajstić information content (AvgIpc) is 2.66. The van der Waals surface area contributed by atoms with Gasteiger partial charge in [0, 0.05) is 18.3 Å². The summed E-state index contributed by atoms with van der Waals surface area (Å²) in [6, 6.07) is 17.7. The van der Waals surface area contributed by atoms with Crippen molar-refractivity contribution in [1.82, 2.24) is 4.98 Å². The maximum atomic E-state index is 11.6. The number of rotatable bonds is 3. The second kappa shape index (κ2) is 11.4. The Bertz CT molecular complexity index is 811. The maximum absolute atomic E-state index is 11.6. The number of phenols is 1. The van der Waals surface area contributed by atoms with Crippen molar-refractivity contribution in [1.29, 1.82) is 0 Å². The zero-order chi connectivity index (χ0) is 17.9. The zero-order valence-corrected chi connectivity index (χ0v) is 14.4. The molecule has 3 rings (SSSR count). The first-order valence-corrected chi connectivity index (χ1v) is 7.35. The fraction of sp³-hybridized carbons (Fsp3) is 0. The van der Waals surface area contributed by atoms with E-state index in [1.165, 1.54) is 36.5 Å². The van der Waals surface area contributed by atoms with Gasteiger partial charge >= 0.3 is 17.1 Å². The van der Waals surface area contributed by atoms with Crippen LogP contribution in [0.1, 0.15) is 11.1 Å². The van der Waals surface area contributed by atoms with E-state index in [0.29, 0.717) is 11.1 Å². The molecule has 135 valence electrons. The van der Waals surface area contributed by atoms with Crippen LogP contribution in [0, 0.1) is 0 Å². The Morgan fingerprint density at radius 1 is 0.923 bits per heavy atom. The molecular weight excluding hydrogens is 382 g/mol. The van der Waals surface area contributed by atoms with E-state index in [9.17, 15) is 10.2 Å². The van der Waals surface area contributed by atoms with Crippen molar-refractivity contribution in [3.8, 4) is 11.5 Å². The molecular formula is C19H15CuN3O3. The molecule has 7 heteroatoms. The minimum Gasteiger partial charge on any atom is -0.872 e. The maximum Gasteiger partial charge on any atom is 2.00 e. The second-order valence-electron chi connectivity index (χ2n) is 4.76. The van der Waals surface area contributed by atoms with Gasteiger partial charge in [0.1, 0.15) is 5.75 Å². The van der Waals surface area contributed by atoms with Gasteiger partial charge in [0.25, 0.3) is 0 Å². The molecule has 1 aromatic heterocycles. The molecule has 0 unspecified atom stereocenters. The van der Waals surface area contributed by atoms with Crippen molar-refractivity contribution in [2.75, 3.05) is 0 Å². The predicted octanol–water partition coefficient (Wildman–Crippen LogP) is 1.69. The van der Waals surface area contributed by atoms with Gasteiger partial charge in [-0.25, -0.2) is 0 Å². The number of aromatic nitrogens is 1. The number of pyridine rings is 1. The van der Waals surface area contributed by atoms with E-state index in [-0.39, 0.29) is 28.6 Å². The molecule has 1 heterocycles. The third-order valence-corrected chi connectivity index (χ3v) is 2.95. The number of nitrogens with zero attached hydrogens (tertiary/aromatic N) is 3. The molecule has 2 aromatic carbocycles. The molecule has 3 aromatic rings. The number of hydrogen-bond donors (Lipinski definition) is 1. The van der Waals surface area contributed by atoms with E-state index < -0.39 is 5.90 Å². The van der Waals surface area contributed by atoms with Gasteiger partial charge in [-0.15, -0.1) is 0 Å². The molecule has 6 nitrogen and oxygen atoms in total. The minimum absolute atomic E-state index is 0. The van der Waals surface area contributed by atoms with Crippen LogP contribution in [-0.2, 0) is 17.1 Å². The predicted molar refractivity (Wildman–Crippen MR) is 92.4 cm³/mol. The molecule has 0 aliphatic rings. The second-order valence-corrected chi connectivity index (χ2v) is 4.76. The minimum atomic E-state index is -0.542. The third kappa shape index (κ3) is 7.17. The summed E-state index contributed by atoms with van der Waals surface area (Å²) in [5.74, 6) is -0.654. The molecule has 0 fully saturated rings. The van der Waals surface area contributed by atoms with Crippen molar-refractivity contribution >= 4 is 12.1 Å². The fourth-order valence-electron chi connectivity index (χ4n) is 1.71. The standard InChI is InChI=1S/C14H12N2O3.C5H5N.Cu/c17-12-7-5-10(6-8-12)14(19)16-15-9-11-3-1-2-4-13(11)18;1-2-4-6-5-3-1;/h1-9,17-18H,(H,16,19);1-5H;/q;;+2/p-2/b15-9+;;. The SMILES string of the molecule is [Cu+2].[O-]/C(=N\N=C\c1ccccc1[O-])c1ccc(O)cc1.c1ccncc1. The van der Waals surface area contributed by atoms with Gasteiger partial charge in [0.05, 0.1) is 6.21 Å². The first-order chi connectivity index (χ1) is 12.2. The van der Waals surface area contributed by atoms with E-state index in [1.54, 1.807) is 30.6 Å². The largest absolute Gasteiger partial charge is 2.00 e. The van der Waals surface area contributed by atoms with E-state index in [1.807, 2.05) is 18.2 Å². The van der Waals surface area contributed by atoms with E-state index in [4.69, 9.17) is 5.11 Å². The van der Waals surface area contributed by atoms with Crippen LogP contribution in [0.2, 0.25) is 0 Å². The van der Waals surface area contributed by atoms with Crippen molar-refractivity contribution in [2.24, 2.45) is 10.2 Å². The van der Waals surface area contributed by atoms with Crippen LogP contribution >= 0.6 is 0 Å². The molecule has 26 heavy (non-hydrogen) atoms. The van der Waals surface area contributed by atoms with Crippen molar-refractivity contribution in [2.45, 2.75) is 0 Å². The van der Waals surface area contributed by atoms with Gasteiger partial charge in [-0.2, -0.15) is 10.2 Å². The topological polar surface area (TPSA) is 104 Å². The number of para-hydroxylation sites is 1. The van der Waals surface area contributed by atoms with Gasteiger partial charge < -0.3 is 15.3 Å². The zero-order valence-electron chi connectivity index (χ0n) is 13.5. The average molecular weight is 397 g/mol. The molecule has 0 saturated heterocycles. The molecule has 1 N–H and O–H groups in total. The van der Waals surface area contributed by atoms with Crippen LogP contribution in [0.15, 0.2) is 89.3 Å². The Hall–Kier alpha value is -3.15. The summed E-state index contributed by atoms with van der Waals surface area (Å²) in [7, 11) is 0. The summed E-state index contributed by atoms with van der Waals surface area (Å²) in [4.78, 5) is 3.78. The van der Waals surface area contributed by atoms with Gasteiger partial charge in [-0.05, 0) is 35.4 Å². The molecule has 0 saturated carbocycles. The van der Waals surface area contributed by atoms with Crippen LogP contribution in [0.4, 0.5) is 0 Å². The Morgan fingerprint density at radius 3 is 2.12 bits per heavy atom. The third-order valence-electron chi connectivity index (χ3n) is 2.95. The quantitative estimate of drug-likeness (QED) is 0.315. The number of benzene rings is 2. The molecule has 0 amide bonds. The summed E-state index contributed by atoms with van der Waals surface area (Å²) in [6.45, 7) is 0. The van der Waals surface area contributed by atoms with Gasteiger partial charge in [-0.1, -0.05) is 48.2 Å². The summed E-state index contributed by atoms with van der Waals surface area (Å²) in [5, 5.41) is 39.1. The fourth-order valence-corrected chi connectivity index (χ4v) is 1.71. The van der Waals surface area contributed by atoms with Gasteiger partial charge in [-0.3, -0.25) is 4.98 Å². The number of aromatic hydroxyl groups is 1. The van der Waals surface area contributed by atoms with Crippen LogP contribution < -0.4 is 10.2 Å². The van der Waals surface area contributed by atoms with E-state index in [2.05, 4.69) is 15.2 Å².